The molecule has 130 valence electrons. The van der Waals surface area contributed by atoms with Gasteiger partial charge in [0, 0.05) is 13.1 Å². The Kier molecular flexibility index (Phi) is 5.83. The lowest BCUT2D eigenvalue weighted by Gasteiger charge is -2.23. The summed E-state index contributed by atoms with van der Waals surface area (Å²) in [5.74, 6) is -0.946. The molecule has 4 heteroatoms. The first-order valence-corrected chi connectivity index (χ1v) is 8.95. The first kappa shape index (κ1) is 17.2. The molecule has 0 bridgehead atoms. The minimum Gasteiger partial charge on any atom is -0.337 e. The zero-order chi connectivity index (χ0) is 17.5. The molecule has 1 heterocycles. The van der Waals surface area contributed by atoms with Gasteiger partial charge < -0.3 is 10.2 Å². The molecule has 2 aromatic rings. The predicted molar refractivity (Wildman–Crippen MR) is 97.9 cm³/mol. The maximum Gasteiger partial charge on any atom is 0.311 e. The van der Waals surface area contributed by atoms with Crippen LogP contribution in [0.1, 0.15) is 42.9 Å². The Morgan fingerprint density at radius 1 is 0.760 bits per heavy atom. The molecule has 2 aromatic carbocycles. The first-order chi connectivity index (χ1) is 12.3. The van der Waals surface area contributed by atoms with Crippen LogP contribution in [0.15, 0.2) is 60.7 Å². The number of nitrogens with one attached hydrogen (secondary N) is 1. The fourth-order valence-electron chi connectivity index (χ4n) is 3.26. The Labute approximate surface area is 148 Å². The minimum atomic E-state index is -0.528. The van der Waals surface area contributed by atoms with Crippen molar-refractivity contribution in [1.29, 1.82) is 0 Å². The quantitative estimate of drug-likeness (QED) is 0.875. The lowest BCUT2D eigenvalue weighted by atomic mass is 9.98. The third-order valence-electron chi connectivity index (χ3n) is 4.63. The molecule has 0 aliphatic carbocycles. The molecule has 1 fully saturated rings. The number of rotatable bonds is 3. The van der Waals surface area contributed by atoms with Crippen molar-refractivity contribution in [3.63, 3.8) is 0 Å². The number of likely N-dealkylation sites (tertiary alicyclic amines) is 1. The summed E-state index contributed by atoms with van der Waals surface area (Å²) in [6.07, 6.45) is 4.20. The average Bonchev–Trinajstić information content (AvgIpc) is 2.96. The number of amides is 2. The van der Waals surface area contributed by atoms with Crippen LogP contribution < -0.4 is 5.32 Å². The molecule has 0 unspecified atom stereocenters. The molecule has 3 rings (SSSR count). The predicted octanol–water partition coefficient (Wildman–Crippen LogP) is 3.29. The van der Waals surface area contributed by atoms with Crippen LogP contribution in [0.5, 0.6) is 0 Å². The second-order valence-electron chi connectivity index (χ2n) is 6.43. The number of carbonyl (C=O) groups excluding carboxylic acids is 2. The van der Waals surface area contributed by atoms with Gasteiger partial charge >= 0.3 is 11.8 Å². The van der Waals surface area contributed by atoms with Crippen LogP contribution in [0.2, 0.25) is 0 Å². The maximum absolute atomic E-state index is 12.6. The SMILES string of the molecule is O=C(NC(c1ccccc1)c1ccccc1)C(=O)N1CCCCCC1. The summed E-state index contributed by atoms with van der Waals surface area (Å²) in [5, 5.41) is 2.94. The van der Waals surface area contributed by atoms with Gasteiger partial charge in [-0.25, -0.2) is 0 Å². The van der Waals surface area contributed by atoms with Crippen molar-refractivity contribution in [3.8, 4) is 0 Å². The van der Waals surface area contributed by atoms with Gasteiger partial charge in [0.2, 0.25) is 0 Å². The molecule has 2 amide bonds. The molecule has 0 saturated carbocycles. The summed E-state index contributed by atoms with van der Waals surface area (Å²) in [4.78, 5) is 26.9. The summed E-state index contributed by atoms with van der Waals surface area (Å²) >= 11 is 0. The molecule has 0 spiro atoms. The topological polar surface area (TPSA) is 49.4 Å². The van der Waals surface area contributed by atoms with Gasteiger partial charge in [-0.3, -0.25) is 9.59 Å². The summed E-state index contributed by atoms with van der Waals surface area (Å²) in [7, 11) is 0. The van der Waals surface area contributed by atoms with Gasteiger partial charge in [0.05, 0.1) is 6.04 Å². The van der Waals surface area contributed by atoms with E-state index in [1.165, 1.54) is 0 Å². The van der Waals surface area contributed by atoms with Crippen molar-refractivity contribution in [2.45, 2.75) is 31.7 Å². The van der Waals surface area contributed by atoms with E-state index in [2.05, 4.69) is 5.32 Å². The van der Waals surface area contributed by atoms with Gasteiger partial charge in [-0.05, 0) is 24.0 Å². The highest BCUT2D eigenvalue weighted by molar-refractivity contribution is 6.35. The number of carbonyl (C=O) groups is 2. The Hall–Kier alpha value is -2.62. The van der Waals surface area contributed by atoms with Crippen molar-refractivity contribution in [2.24, 2.45) is 0 Å². The second kappa shape index (κ2) is 8.47. The number of nitrogens with zero attached hydrogens (tertiary/aromatic N) is 1. The zero-order valence-corrected chi connectivity index (χ0v) is 14.4. The van der Waals surface area contributed by atoms with Gasteiger partial charge in [-0.2, -0.15) is 0 Å². The minimum absolute atomic E-state index is 0.328. The highest BCUT2D eigenvalue weighted by Gasteiger charge is 2.26. The molecule has 1 N–H and O–H groups in total. The fourth-order valence-corrected chi connectivity index (χ4v) is 3.26. The monoisotopic (exact) mass is 336 g/mol. The molecule has 0 radical (unpaired) electrons. The van der Waals surface area contributed by atoms with Crippen LogP contribution >= 0.6 is 0 Å². The summed E-state index contributed by atoms with van der Waals surface area (Å²) in [6, 6.07) is 19.2. The lowest BCUT2D eigenvalue weighted by Crippen LogP contribution is -2.44. The summed E-state index contributed by atoms with van der Waals surface area (Å²) in [5.41, 5.74) is 1.93. The van der Waals surface area contributed by atoms with Gasteiger partial charge in [0.15, 0.2) is 0 Å². The van der Waals surface area contributed by atoms with Gasteiger partial charge in [-0.15, -0.1) is 0 Å². The van der Waals surface area contributed by atoms with Crippen molar-refractivity contribution < 1.29 is 9.59 Å². The number of hydrogen-bond donors (Lipinski definition) is 1. The van der Waals surface area contributed by atoms with E-state index < -0.39 is 11.8 Å². The second-order valence-corrected chi connectivity index (χ2v) is 6.43. The molecular weight excluding hydrogens is 312 g/mol. The summed E-state index contributed by atoms with van der Waals surface area (Å²) < 4.78 is 0. The molecular formula is C21H24N2O2. The highest BCUT2D eigenvalue weighted by Crippen LogP contribution is 2.22. The van der Waals surface area contributed by atoms with Gasteiger partial charge in [-0.1, -0.05) is 73.5 Å². The van der Waals surface area contributed by atoms with E-state index in [9.17, 15) is 9.59 Å². The van der Waals surface area contributed by atoms with E-state index in [-0.39, 0.29) is 6.04 Å². The molecule has 1 saturated heterocycles. The van der Waals surface area contributed by atoms with E-state index >= 15 is 0 Å². The standard InChI is InChI=1S/C21H24N2O2/c24-20(21(25)23-15-9-1-2-10-16-23)22-19(17-11-5-3-6-12-17)18-13-7-4-8-14-18/h3-8,11-14,19H,1-2,9-10,15-16H2,(H,22,24). The van der Waals surface area contributed by atoms with Crippen LogP contribution in [0, 0.1) is 0 Å². The fraction of sp³-hybridized carbons (Fsp3) is 0.333. The van der Waals surface area contributed by atoms with E-state index in [1.54, 1.807) is 4.90 Å². The van der Waals surface area contributed by atoms with Crippen LogP contribution in [0.3, 0.4) is 0 Å². The van der Waals surface area contributed by atoms with E-state index in [0.29, 0.717) is 13.1 Å². The van der Waals surface area contributed by atoms with E-state index in [1.807, 2.05) is 60.7 Å². The third-order valence-corrected chi connectivity index (χ3v) is 4.63. The van der Waals surface area contributed by atoms with Crippen molar-refractivity contribution in [1.82, 2.24) is 10.2 Å². The van der Waals surface area contributed by atoms with Crippen LogP contribution in [0.4, 0.5) is 0 Å². The molecule has 0 atom stereocenters. The number of hydrogen-bond acceptors (Lipinski definition) is 2. The van der Waals surface area contributed by atoms with Gasteiger partial charge in [0.25, 0.3) is 0 Å². The Morgan fingerprint density at radius 3 is 1.72 bits per heavy atom. The van der Waals surface area contributed by atoms with E-state index in [0.717, 1.165) is 36.8 Å². The number of benzene rings is 2. The van der Waals surface area contributed by atoms with Crippen molar-refractivity contribution in [3.05, 3.63) is 71.8 Å². The zero-order valence-electron chi connectivity index (χ0n) is 14.4. The largest absolute Gasteiger partial charge is 0.337 e. The Morgan fingerprint density at radius 2 is 1.24 bits per heavy atom. The molecule has 25 heavy (non-hydrogen) atoms. The molecule has 1 aliphatic rings. The van der Waals surface area contributed by atoms with Crippen LogP contribution in [-0.2, 0) is 9.59 Å². The van der Waals surface area contributed by atoms with Gasteiger partial charge in [0.1, 0.15) is 0 Å². The van der Waals surface area contributed by atoms with Crippen LogP contribution in [-0.4, -0.2) is 29.8 Å². The molecule has 4 nitrogen and oxygen atoms in total. The molecule has 1 aliphatic heterocycles. The maximum atomic E-state index is 12.6. The average molecular weight is 336 g/mol. The van der Waals surface area contributed by atoms with Crippen molar-refractivity contribution in [2.75, 3.05) is 13.1 Å². The van der Waals surface area contributed by atoms with E-state index in [4.69, 9.17) is 0 Å². The third kappa shape index (κ3) is 4.47. The normalized spacial score (nSPS) is 14.8. The first-order valence-electron chi connectivity index (χ1n) is 8.95. The van der Waals surface area contributed by atoms with Crippen LogP contribution in [0.25, 0.3) is 0 Å². The smallest absolute Gasteiger partial charge is 0.311 e. The Balaban J connectivity index is 1.78. The lowest BCUT2D eigenvalue weighted by molar-refractivity contribution is -0.146. The summed E-state index contributed by atoms with van der Waals surface area (Å²) in [6.45, 7) is 1.35. The Bertz CT molecular complexity index is 653. The molecule has 0 aromatic heterocycles. The van der Waals surface area contributed by atoms with Crippen molar-refractivity contribution >= 4 is 11.8 Å². The highest BCUT2D eigenvalue weighted by atomic mass is 16.2.